The highest BCUT2D eigenvalue weighted by Crippen LogP contribution is 2.34. The third-order valence-electron chi connectivity index (χ3n) is 4.15. The van der Waals surface area contributed by atoms with Gasteiger partial charge in [-0.1, -0.05) is 18.3 Å². The lowest BCUT2D eigenvalue weighted by atomic mass is 10.3. The highest BCUT2D eigenvalue weighted by atomic mass is 32.2. The molecule has 33 heavy (non-hydrogen) atoms. The van der Waals surface area contributed by atoms with E-state index in [-0.39, 0.29) is 17.0 Å². The van der Waals surface area contributed by atoms with E-state index in [9.17, 15) is 39.6 Å². The van der Waals surface area contributed by atoms with E-state index in [1.54, 1.807) is 0 Å². The minimum absolute atomic E-state index is 0.0551. The maximum absolute atomic E-state index is 12.9. The number of aromatic nitrogens is 5. The number of carbonyl (C=O) groups excluding carboxylic acids is 1. The molecule has 0 aliphatic heterocycles. The molecule has 0 fully saturated rings. The number of hydrogen-bond acceptors (Lipinski definition) is 8. The molecular weight excluding hydrogens is 502 g/mol. The van der Waals surface area contributed by atoms with Crippen LogP contribution in [0, 0.1) is 0 Å². The van der Waals surface area contributed by atoms with Crippen molar-refractivity contribution in [2.24, 2.45) is 0 Å². The summed E-state index contributed by atoms with van der Waals surface area (Å²) in [7, 11) is -3.10. The third kappa shape index (κ3) is 4.97. The molecular formula is C16H12F6N6O3S2. The second-order valence-electron chi connectivity index (χ2n) is 6.34. The predicted octanol–water partition coefficient (Wildman–Crippen LogP) is 3.23. The molecule has 0 aliphatic rings. The Morgan fingerprint density at radius 3 is 2.33 bits per heavy atom. The van der Waals surface area contributed by atoms with Crippen molar-refractivity contribution in [3.05, 3.63) is 40.9 Å². The first-order valence-corrected chi connectivity index (χ1v) is 11.2. The fourth-order valence-electron chi connectivity index (χ4n) is 2.44. The number of alkyl halides is 6. The molecule has 0 aromatic carbocycles. The van der Waals surface area contributed by atoms with Crippen molar-refractivity contribution in [3.63, 3.8) is 0 Å². The van der Waals surface area contributed by atoms with Gasteiger partial charge in [0.15, 0.2) is 15.5 Å². The molecule has 0 bridgehead atoms. The Balaban J connectivity index is 2.05. The Morgan fingerprint density at radius 2 is 1.82 bits per heavy atom. The van der Waals surface area contributed by atoms with E-state index < -0.39 is 60.3 Å². The van der Waals surface area contributed by atoms with Crippen LogP contribution in [0.2, 0.25) is 0 Å². The molecule has 1 amide bonds. The van der Waals surface area contributed by atoms with Crippen LogP contribution in [0.5, 0.6) is 0 Å². The topological polar surface area (TPSA) is 111 Å². The molecule has 0 aliphatic carbocycles. The van der Waals surface area contributed by atoms with Gasteiger partial charge in [0.1, 0.15) is 10.6 Å². The highest BCUT2D eigenvalue weighted by Gasteiger charge is 2.37. The number of anilines is 1. The SMILES string of the molecule is CCS(=O)(=O)c1cc(-n2ccc(C(F)(F)F)n2)cnc1C(=O)N(C)c1nnc(C(F)(F)F)s1. The molecule has 178 valence electrons. The summed E-state index contributed by atoms with van der Waals surface area (Å²) in [6.07, 6.45) is -7.71. The Labute approximate surface area is 185 Å². The van der Waals surface area contributed by atoms with E-state index in [0.29, 0.717) is 11.0 Å². The van der Waals surface area contributed by atoms with Crippen LogP contribution >= 0.6 is 11.3 Å². The first-order chi connectivity index (χ1) is 15.1. The number of nitrogens with zero attached hydrogens (tertiary/aromatic N) is 6. The van der Waals surface area contributed by atoms with Crippen LogP contribution in [0.15, 0.2) is 29.4 Å². The number of amides is 1. The van der Waals surface area contributed by atoms with Gasteiger partial charge in [0.2, 0.25) is 10.1 Å². The average molecular weight is 514 g/mol. The first-order valence-electron chi connectivity index (χ1n) is 8.70. The Hall–Kier alpha value is -3.08. The fraction of sp³-hybridized carbons (Fsp3) is 0.312. The lowest BCUT2D eigenvalue weighted by Gasteiger charge is -2.16. The number of sulfone groups is 1. The smallest absolute Gasteiger partial charge is 0.284 e. The average Bonchev–Trinajstić information content (AvgIpc) is 3.41. The van der Waals surface area contributed by atoms with Crippen molar-refractivity contribution < 1.29 is 39.6 Å². The van der Waals surface area contributed by atoms with Crippen LogP contribution in [-0.4, -0.2) is 52.1 Å². The summed E-state index contributed by atoms with van der Waals surface area (Å²) in [6.45, 7) is 1.26. The second-order valence-corrected chi connectivity index (χ2v) is 9.54. The van der Waals surface area contributed by atoms with Gasteiger partial charge < -0.3 is 0 Å². The number of carbonyl (C=O) groups is 1. The monoisotopic (exact) mass is 514 g/mol. The lowest BCUT2D eigenvalue weighted by Crippen LogP contribution is -2.29. The van der Waals surface area contributed by atoms with E-state index in [4.69, 9.17) is 0 Å². The summed E-state index contributed by atoms with van der Waals surface area (Å²) in [4.78, 5) is 16.6. The molecule has 3 rings (SSSR count). The first kappa shape index (κ1) is 24.6. The maximum atomic E-state index is 12.9. The molecule has 0 N–H and O–H groups in total. The molecule has 3 heterocycles. The van der Waals surface area contributed by atoms with E-state index in [0.717, 1.165) is 30.2 Å². The van der Waals surface area contributed by atoms with Crippen molar-refractivity contribution in [3.8, 4) is 5.69 Å². The van der Waals surface area contributed by atoms with Gasteiger partial charge in [-0.2, -0.15) is 31.4 Å². The van der Waals surface area contributed by atoms with Crippen LogP contribution in [0.3, 0.4) is 0 Å². The summed E-state index contributed by atoms with van der Waals surface area (Å²) in [5.74, 6) is -1.61. The Bertz CT molecular complexity index is 1300. The second kappa shape index (κ2) is 8.36. The molecule has 0 saturated heterocycles. The molecule has 0 unspecified atom stereocenters. The van der Waals surface area contributed by atoms with Crippen LogP contribution in [-0.2, 0) is 22.2 Å². The summed E-state index contributed by atoms with van der Waals surface area (Å²) >= 11 is 0.0551. The van der Waals surface area contributed by atoms with Gasteiger partial charge in [-0.25, -0.2) is 18.1 Å². The van der Waals surface area contributed by atoms with Crippen LogP contribution < -0.4 is 4.90 Å². The zero-order valence-corrected chi connectivity index (χ0v) is 18.1. The van der Waals surface area contributed by atoms with E-state index in [1.807, 2.05) is 0 Å². The van der Waals surface area contributed by atoms with Crippen LogP contribution in [0.1, 0.15) is 28.1 Å². The zero-order chi connectivity index (χ0) is 24.8. The quantitative estimate of drug-likeness (QED) is 0.481. The molecule has 17 heteroatoms. The number of pyridine rings is 1. The highest BCUT2D eigenvalue weighted by molar-refractivity contribution is 7.91. The molecule has 3 aromatic rings. The minimum Gasteiger partial charge on any atom is -0.284 e. The number of halogens is 6. The molecule has 0 atom stereocenters. The minimum atomic E-state index is -4.80. The fourth-order valence-corrected chi connectivity index (χ4v) is 4.16. The lowest BCUT2D eigenvalue weighted by molar-refractivity contribution is -0.141. The summed E-state index contributed by atoms with van der Waals surface area (Å²) in [5, 5.41) is 7.77. The maximum Gasteiger partial charge on any atom is 0.445 e. The normalized spacial score (nSPS) is 12.7. The van der Waals surface area contributed by atoms with Gasteiger partial charge in [-0.3, -0.25) is 9.69 Å². The van der Waals surface area contributed by atoms with Crippen molar-refractivity contribution in [2.75, 3.05) is 17.7 Å². The zero-order valence-electron chi connectivity index (χ0n) is 16.5. The standard InChI is InChI=1S/C16H12F6N6O3S2/c1-3-33(30,31)9-6-8(28-5-4-10(26-28)15(17,18)19)7-23-11(9)12(29)27(2)14-25-24-13(32-14)16(20,21)22/h4-7H,3H2,1-2H3. The Kier molecular flexibility index (Phi) is 6.22. The van der Waals surface area contributed by atoms with Crippen molar-refractivity contribution in [1.82, 2.24) is 25.0 Å². The van der Waals surface area contributed by atoms with Gasteiger partial charge in [0, 0.05) is 13.2 Å². The van der Waals surface area contributed by atoms with Gasteiger partial charge in [-0.15, -0.1) is 10.2 Å². The van der Waals surface area contributed by atoms with Crippen molar-refractivity contribution in [1.29, 1.82) is 0 Å². The third-order valence-corrected chi connectivity index (χ3v) is 6.93. The molecule has 0 saturated carbocycles. The van der Waals surface area contributed by atoms with Crippen LogP contribution in [0.25, 0.3) is 5.69 Å². The largest absolute Gasteiger partial charge is 0.445 e. The molecule has 0 spiro atoms. The molecule has 0 radical (unpaired) electrons. The number of hydrogen-bond donors (Lipinski definition) is 0. The van der Waals surface area contributed by atoms with E-state index in [1.165, 1.54) is 6.92 Å². The van der Waals surface area contributed by atoms with Gasteiger partial charge in [0.05, 0.1) is 17.6 Å². The van der Waals surface area contributed by atoms with E-state index in [2.05, 4.69) is 20.3 Å². The van der Waals surface area contributed by atoms with Gasteiger partial charge in [0.25, 0.3) is 5.91 Å². The number of rotatable bonds is 5. The van der Waals surface area contributed by atoms with Crippen molar-refractivity contribution in [2.45, 2.75) is 24.2 Å². The van der Waals surface area contributed by atoms with E-state index >= 15 is 0 Å². The van der Waals surface area contributed by atoms with Gasteiger partial charge in [-0.05, 0) is 12.1 Å². The summed E-state index contributed by atoms with van der Waals surface area (Å²) in [6, 6.07) is 1.57. The molecule has 3 aromatic heterocycles. The summed E-state index contributed by atoms with van der Waals surface area (Å²) in [5.41, 5.74) is -2.08. The Morgan fingerprint density at radius 1 is 1.15 bits per heavy atom. The van der Waals surface area contributed by atoms with Crippen LogP contribution in [0.4, 0.5) is 31.5 Å². The van der Waals surface area contributed by atoms with Crippen molar-refractivity contribution >= 4 is 32.2 Å². The molecule has 9 nitrogen and oxygen atoms in total. The summed E-state index contributed by atoms with van der Waals surface area (Å²) < 4.78 is 103. The van der Waals surface area contributed by atoms with Gasteiger partial charge >= 0.3 is 12.4 Å². The predicted molar refractivity (Wildman–Crippen MR) is 102 cm³/mol.